The van der Waals surface area contributed by atoms with Crippen LogP contribution in [0.15, 0.2) is 40.5 Å². The molecule has 0 fully saturated rings. The fourth-order valence-corrected chi connectivity index (χ4v) is 2.28. The van der Waals surface area contributed by atoms with Crippen LogP contribution in [0.1, 0.15) is 26.3 Å². The number of aliphatic imine (C=N–C) groups is 1. The van der Waals surface area contributed by atoms with Crippen molar-refractivity contribution in [1.29, 1.82) is 0 Å². The molecule has 2 aliphatic heterocycles. The molecule has 0 N–H and O–H groups in total. The molecule has 0 saturated carbocycles. The maximum absolute atomic E-state index is 11.9. The van der Waals surface area contributed by atoms with Gasteiger partial charge in [0, 0.05) is 17.0 Å². The normalized spacial score (nSPS) is 18.8. The Bertz CT molecular complexity index is 751. The summed E-state index contributed by atoms with van der Waals surface area (Å²) >= 11 is 0. The second kappa shape index (κ2) is 5.57. The largest absolute Gasteiger partial charge is 0.497 e. The number of methoxy groups -OCH3 is 1. The van der Waals surface area contributed by atoms with E-state index in [9.17, 15) is 4.79 Å². The van der Waals surface area contributed by atoms with Crippen LogP contribution in [-0.2, 0) is 9.53 Å². The summed E-state index contributed by atoms with van der Waals surface area (Å²) in [6.45, 7) is 6.23. The number of esters is 1. The molecular formula is C18H19NO4. The first-order valence-electron chi connectivity index (χ1n) is 7.41. The molecule has 5 heteroatoms. The van der Waals surface area contributed by atoms with Crippen molar-refractivity contribution >= 4 is 17.9 Å². The second-order valence-electron chi connectivity index (χ2n) is 6.50. The smallest absolute Gasteiger partial charge is 0.363 e. The van der Waals surface area contributed by atoms with E-state index in [4.69, 9.17) is 14.2 Å². The van der Waals surface area contributed by atoms with Gasteiger partial charge in [-0.15, -0.1) is 0 Å². The van der Waals surface area contributed by atoms with Crippen LogP contribution < -0.4 is 9.47 Å². The van der Waals surface area contributed by atoms with Gasteiger partial charge in [0.1, 0.15) is 18.1 Å². The summed E-state index contributed by atoms with van der Waals surface area (Å²) in [5.74, 6) is 1.53. The molecule has 3 rings (SSSR count). The van der Waals surface area contributed by atoms with Crippen LogP contribution in [0.5, 0.6) is 11.5 Å². The maximum Gasteiger partial charge on any atom is 0.363 e. The van der Waals surface area contributed by atoms with E-state index in [1.54, 1.807) is 13.2 Å². The number of nitrogens with zero attached hydrogens (tertiary/aromatic N) is 1. The van der Waals surface area contributed by atoms with E-state index >= 15 is 0 Å². The van der Waals surface area contributed by atoms with E-state index in [2.05, 4.69) is 4.99 Å². The standard InChI is InChI=1S/C18H19NO4/c1-18(2,3)17-19-14(16(20)23-17)8-11-7-12-5-6-13(21-4)9-15(12)22-10-11/h5-9H,10H2,1-4H3/b14-8-. The van der Waals surface area contributed by atoms with Gasteiger partial charge in [-0.3, -0.25) is 0 Å². The molecule has 5 nitrogen and oxygen atoms in total. The minimum absolute atomic E-state index is 0.300. The number of cyclic esters (lactones) is 1. The van der Waals surface area contributed by atoms with Crippen molar-refractivity contribution in [2.45, 2.75) is 20.8 Å². The van der Waals surface area contributed by atoms with Crippen molar-refractivity contribution in [3.8, 4) is 11.5 Å². The predicted molar refractivity (Wildman–Crippen MR) is 87.5 cm³/mol. The molecule has 0 aliphatic carbocycles. The van der Waals surface area contributed by atoms with Gasteiger partial charge in [0.25, 0.3) is 0 Å². The highest BCUT2D eigenvalue weighted by Gasteiger charge is 2.31. The van der Waals surface area contributed by atoms with Crippen molar-refractivity contribution in [3.63, 3.8) is 0 Å². The summed E-state index contributed by atoms with van der Waals surface area (Å²) < 4.78 is 16.1. The van der Waals surface area contributed by atoms with E-state index in [1.165, 1.54) is 0 Å². The van der Waals surface area contributed by atoms with Crippen molar-refractivity contribution in [3.05, 3.63) is 41.1 Å². The first kappa shape index (κ1) is 15.3. The number of rotatable bonds is 2. The van der Waals surface area contributed by atoms with E-state index < -0.39 is 5.97 Å². The highest BCUT2D eigenvalue weighted by molar-refractivity contribution is 6.06. The molecule has 0 unspecified atom stereocenters. The monoisotopic (exact) mass is 313 g/mol. The third kappa shape index (κ3) is 3.13. The Morgan fingerprint density at radius 3 is 2.74 bits per heavy atom. The molecular weight excluding hydrogens is 294 g/mol. The second-order valence-corrected chi connectivity index (χ2v) is 6.50. The maximum atomic E-state index is 11.9. The third-order valence-corrected chi connectivity index (χ3v) is 3.54. The molecule has 0 atom stereocenters. The first-order chi connectivity index (χ1) is 10.9. The molecule has 1 aromatic carbocycles. The molecule has 0 spiro atoms. The van der Waals surface area contributed by atoms with Gasteiger partial charge in [0.15, 0.2) is 5.70 Å². The van der Waals surface area contributed by atoms with Crippen molar-refractivity contribution < 1.29 is 19.0 Å². The zero-order chi connectivity index (χ0) is 16.6. The van der Waals surface area contributed by atoms with Crippen LogP contribution in [-0.4, -0.2) is 25.6 Å². The number of carbonyl (C=O) groups excluding carboxylic acids is 1. The van der Waals surface area contributed by atoms with Crippen LogP contribution in [0.4, 0.5) is 0 Å². The molecule has 23 heavy (non-hydrogen) atoms. The average Bonchev–Trinajstić information content (AvgIpc) is 2.88. The number of benzene rings is 1. The van der Waals surface area contributed by atoms with Crippen molar-refractivity contribution in [2.24, 2.45) is 10.4 Å². The molecule has 0 aromatic heterocycles. The van der Waals surface area contributed by atoms with E-state index in [1.807, 2.05) is 45.0 Å². The Morgan fingerprint density at radius 1 is 1.30 bits per heavy atom. The summed E-state index contributed by atoms with van der Waals surface area (Å²) in [6, 6.07) is 5.63. The van der Waals surface area contributed by atoms with E-state index in [0.29, 0.717) is 18.2 Å². The van der Waals surface area contributed by atoms with Gasteiger partial charge in [-0.2, -0.15) is 0 Å². The molecule has 0 amide bonds. The predicted octanol–water partition coefficient (Wildman–Crippen LogP) is 3.36. The van der Waals surface area contributed by atoms with E-state index in [0.717, 1.165) is 22.6 Å². The number of hydrogen-bond donors (Lipinski definition) is 0. The summed E-state index contributed by atoms with van der Waals surface area (Å²) in [4.78, 5) is 16.3. The molecule has 0 saturated heterocycles. The highest BCUT2D eigenvalue weighted by atomic mass is 16.6. The summed E-state index contributed by atoms with van der Waals surface area (Å²) in [6.07, 6.45) is 3.69. The third-order valence-electron chi connectivity index (χ3n) is 3.54. The molecule has 1 aromatic rings. The Kier molecular flexibility index (Phi) is 3.72. The minimum atomic E-state index is -0.420. The average molecular weight is 313 g/mol. The number of ether oxygens (including phenoxy) is 3. The van der Waals surface area contributed by atoms with Crippen molar-refractivity contribution in [2.75, 3.05) is 13.7 Å². The Morgan fingerprint density at radius 2 is 2.09 bits per heavy atom. The van der Waals surface area contributed by atoms with Gasteiger partial charge in [-0.25, -0.2) is 9.79 Å². The van der Waals surface area contributed by atoms with Gasteiger partial charge < -0.3 is 14.2 Å². The number of fused-ring (bicyclic) bond motifs is 1. The summed E-state index contributed by atoms with van der Waals surface area (Å²) in [7, 11) is 1.62. The zero-order valence-electron chi connectivity index (χ0n) is 13.7. The minimum Gasteiger partial charge on any atom is -0.497 e. The molecule has 0 radical (unpaired) electrons. The Labute approximate surface area is 135 Å². The van der Waals surface area contributed by atoms with Crippen molar-refractivity contribution in [1.82, 2.24) is 0 Å². The molecule has 120 valence electrons. The lowest BCUT2D eigenvalue weighted by atomic mass is 9.97. The lowest BCUT2D eigenvalue weighted by Gasteiger charge is -2.16. The van der Waals surface area contributed by atoms with Crippen LogP contribution in [0.2, 0.25) is 0 Å². The summed E-state index contributed by atoms with van der Waals surface area (Å²) in [5, 5.41) is 0. The van der Waals surface area contributed by atoms with Crippen LogP contribution in [0.25, 0.3) is 6.08 Å². The quantitative estimate of drug-likeness (QED) is 0.620. The fraction of sp³-hybridized carbons (Fsp3) is 0.333. The van der Waals surface area contributed by atoms with Gasteiger partial charge >= 0.3 is 5.97 Å². The van der Waals surface area contributed by atoms with Crippen LogP contribution in [0, 0.1) is 5.41 Å². The highest BCUT2D eigenvalue weighted by Crippen LogP contribution is 2.32. The lowest BCUT2D eigenvalue weighted by Crippen LogP contribution is -2.21. The topological polar surface area (TPSA) is 57.1 Å². The van der Waals surface area contributed by atoms with Crippen LogP contribution in [0.3, 0.4) is 0 Å². The molecule has 2 heterocycles. The number of hydrogen-bond acceptors (Lipinski definition) is 5. The molecule has 0 bridgehead atoms. The Hall–Kier alpha value is -2.56. The van der Waals surface area contributed by atoms with Gasteiger partial charge in [0.05, 0.1) is 7.11 Å². The Balaban J connectivity index is 1.90. The molecule has 2 aliphatic rings. The fourth-order valence-electron chi connectivity index (χ4n) is 2.28. The van der Waals surface area contributed by atoms with Gasteiger partial charge in [0.2, 0.25) is 5.90 Å². The first-order valence-corrected chi connectivity index (χ1v) is 7.41. The van der Waals surface area contributed by atoms with Gasteiger partial charge in [-0.05, 0) is 29.9 Å². The number of carbonyl (C=O) groups is 1. The zero-order valence-corrected chi connectivity index (χ0v) is 13.7. The lowest BCUT2D eigenvalue weighted by molar-refractivity contribution is -0.130. The van der Waals surface area contributed by atoms with Crippen LogP contribution >= 0.6 is 0 Å². The van der Waals surface area contributed by atoms with E-state index in [-0.39, 0.29) is 5.41 Å². The van der Waals surface area contributed by atoms with Gasteiger partial charge in [-0.1, -0.05) is 20.8 Å². The summed E-state index contributed by atoms with van der Waals surface area (Å²) in [5.41, 5.74) is 1.82. The SMILES string of the molecule is COc1ccc2c(c1)OCC(/C=C1\N=C(C(C)(C)C)OC1=O)=C2.